The third-order valence-corrected chi connectivity index (χ3v) is 3.19. The molecule has 0 spiro atoms. The van der Waals surface area contributed by atoms with E-state index in [1.54, 1.807) is 0 Å². The Morgan fingerprint density at radius 3 is 2.33 bits per heavy atom. The van der Waals surface area contributed by atoms with E-state index >= 15 is 0 Å². The number of nitrogens with two attached hydrogens (primary N) is 1. The van der Waals surface area contributed by atoms with Gasteiger partial charge in [0.25, 0.3) is 0 Å². The first-order valence-corrected chi connectivity index (χ1v) is 5.52. The highest BCUT2D eigenvalue weighted by molar-refractivity contribution is 5.60. The minimum atomic E-state index is 0.519. The molecule has 0 bridgehead atoms. The fourth-order valence-corrected chi connectivity index (χ4v) is 1.67. The summed E-state index contributed by atoms with van der Waals surface area (Å²) in [6.07, 6.45) is 0. The first-order chi connectivity index (χ1) is 6.93. The van der Waals surface area contributed by atoms with Crippen molar-refractivity contribution in [3.05, 3.63) is 23.8 Å². The molecule has 0 amide bonds. The number of hydrogen-bond acceptors (Lipinski definition) is 2. The van der Waals surface area contributed by atoms with Gasteiger partial charge in [-0.1, -0.05) is 19.9 Å². The minimum absolute atomic E-state index is 0.519. The Balaban J connectivity index is 2.99. The predicted octanol–water partition coefficient (Wildman–Crippen LogP) is 3.06. The van der Waals surface area contributed by atoms with Crippen LogP contribution in [0.2, 0.25) is 0 Å². The lowest BCUT2D eigenvalue weighted by Crippen LogP contribution is -2.33. The number of anilines is 2. The van der Waals surface area contributed by atoms with E-state index in [9.17, 15) is 0 Å². The number of benzene rings is 1. The van der Waals surface area contributed by atoms with Crippen molar-refractivity contribution in [1.29, 1.82) is 0 Å². The molecule has 0 aliphatic rings. The predicted molar refractivity (Wildman–Crippen MR) is 68.3 cm³/mol. The Bertz CT molecular complexity index is 331. The average Bonchev–Trinajstić information content (AvgIpc) is 2.19. The molecular weight excluding hydrogens is 184 g/mol. The van der Waals surface area contributed by atoms with Gasteiger partial charge >= 0.3 is 0 Å². The van der Waals surface area contributed by atoms with Gasteiger partial charge in [0.15, 0.2) is 0 Å². The molecule has 0 fully saturated rings. The smallest absolute Gasteiger partial charge is 0.0416 e. The number of nitrogens with zero attached hydrogens (tertiary/aromatic N) is 1. The van der Waals surface area contributed by atoms with Gasteiger partial charge in [-0.05, 0) is 37.5 Å². The lowest BCUT2D eigenvalue weighted by Gasteiger charge is -2.31. The summed E-state index contributed by atoms with van der Waals surface area (Å²) in [6, 6.07) is 6.60. The maximum atomic E-state index is 5.81. The van der Waals surface area contributed by atoms with Crippen LogP contribution < -0.4 is 10.6 Å². The Morgan fingerprint density at radius 2 is 1.80 bits per heavy atom. The molecule has 0 radical (unpaired) electrons. The quantitative estimate of drug-likeness (QED) is 0.770. The first-order valence-electron chi connectivity index (χ1n) is 5.52. The van der Waals surface area contributed by atoms with Gasteiger partial charge in [0.2, 0.25) is 0 Å². The highest BCUT2D eigenvalue weighted by Crippen LogP contribution is 2.25. The SMILES string of the molecule is Cc1ccc(N)cc1N(C)C(C)C(C)C. The highest BCUT2D eigenvalue weighted by atomic mass is 15.1. The molecule has 1 aromatic carbocycles. The van der Waals surface area contributed by atoms with Gasteiger partial charge in [-0.15, -0.1) is 0 Å². The summed E-state index contributed by atoms with van der Waals surface area (Å²) >= 11 is 0. The zero-order valence-corrected chi connectivity index (χ0v) is 10.4. The van der Waals surface area contributed by atoms with E-state index in [-0.39, 0.29) is 0 Å². The van der Waals surface area contributed by atoms with Crippen LogP contribution in [-0.4, -0.2) is 13.1 Å². The molecule has 2 heteroatoms. The molecule has 0 heterocycles. The zero-order valence-electron chi connectivity index (χ0n) is 10.4. The van der Waals surface area contributed by atoms with Gasteiger partial charge in [-0.3, -0.25) is 0 Å². The molecule has 15 heavy (non-hydrogen) atoms. The summed E-state index contributed by atoms with van der Waals surface area (Å²) in [5.74, 6) is 0.635. The van der Waals surface area contributed by atoms with Crippen molar-refractivity contribution in [2.45, 2.75) is 33.7 Å². The third kappa shape index (κ3) is 2.65. The van der Waals surface area contributed by atoms with E-state index in [0.29, 0.717) is 12.0 Å². The Hall–Kier alpha value is -1.18. The van der Waals surface area contributed by atoms with Gasteiger partial charge in [0.05, 0.1) is 0 Å². The lowest BCUT2D eigenvalue weighted by atomic mass is 10.0. The van der Waals surface area contributed by atoms with Gasteiger partial charge in [0.1, 0.15) is 0 Å². The average molecular weight is 206 g/mol. The van der Waals surface area contributed by atoms with Crippen molar-refractivity contribution in [2.24, 2.45) is 5.92 Å². The van der Waals surface area contributed by atoms with Gasteiger partial charge in [-0.25, -0.2) is 0 Å². The van der Waals surface area contributed by atoms with Crippen molar-refractivity contribution < 1.29 is 0 Å². The molecule has 0 saturated carbocycles. The topological polar surface area (TPSA) is 29.3 Å². The van der Waals surface area contributed by atoms with Crippen molar-refractivity contribution in [2.75, 3.05) is 17.7 Å². The van der Waals surface area contributed by atoms with Crippen LogP contribution in [-0.2, 0) is 0 Å². The largest absolute Gasteiger partial charge is 0.399 e. The van der Waals surface area contributed by atoms with Crippen LogP contribution in [0.1, 0.15) is 26.3 Å². The van der Waals surface area contributed by atoms with Gasteiger partial charge in [0, 0.05) is 24.5 Å². The molecule has 2 N–H and O–H groups in total. The molecule has 1 rings (SSSR count). The van der Waals surface area contributed by atoms with Crippen LogP contribution in [0.5, 0.6) is 0 Å². The second-order valence-electron chi connectivity index (χ2n) is 4.64. The Kier molecular flexibility index (Phi) is 3.61. The summed E-state index contributed by atoms with van der Waals surface area (Å²) < 4.78 is 0. The molecule has 1 aromatic rings. The van der Waals surface area contributed by atoms with Crippen LogP contribution >= 0.6 is 0 Å². The summed E-state index contributed by atoms with van der Waals surface area (Å²) in [4.78, 5) is 2.30. The summed E-state index contributed by atoms with van der Waals surface area (Å²) in [7, 11) is 2.13. The van der Waals surface area contributed by atoms with Crippen LogP contribution in [0.25, 0.3) is 0 Å². The molecule has 2 nitrogen and oxygen atoms in total. The molecule has 0 aliphatic carbocycles. The van der Waals surface area contributed by atoms with Crippen molar-refractivity contribution in [1.82, 2.24) is 0 Å². The van der Waals surface area contributed by atoms with Crippen molar-refractivity contribution in [3.8, 4) is 0 Å². The Morgan fingerprint density at radius 1 is 1.20 bits per heavy atom. The van der Waals surface area contributed by atoms with E-state index in [1.807, 2.05) is 12.1 Å². The van der Waals surface area contributed by atoms with E-state index in [0.717, 1.165) is 5.69 Å². The fourth-order valence-electron chi connectivity index (χ4n) is 1.67. The summed E-state index contributed by atoms with van der Waals surface area (Å²) in [6.45, 7) is 8.84. The number of aryl methyl sites for hydroxylation is 1. The third-order valence-electron chi connectivity index (χ3n) is 3.19. The van der Waals surface area contributed by atoms with Crippen LogP contribution in [0.15, 0.2) is 18.2 Å². The monoisotopic (exact) mass is 206 g/mol. The lowest BCUT2D eigenvalue weighted by molar-refractivity contribution is 0.505. The van der Waals surface area contributed by atoms with Gasteiger partial charge < -0.3 is 10.6 Å². The minimum Gasteiger partial charge on any atom is -0.399 e. The Labute approximate surface area is 93.1 Å². The number of rotatable bonds is 3. The molecule has 0 saturated heterocycles. The number of nitrogen functional groups attached to an aromatic ring is 1. The number of hydrogen-bond donors (Lipinski definition) is 1. The molecule has 1 atom stereocenters. The van der Waals surface area contributed by atoms with Crippen molar-refractivity contribution >= 4 is 11.4 Å². The van der Waals surface area contributed by atoms with Crippen molar-refractivity contribution in [3.63, 3.8) is 0 Å². The second kappa shape index (κ2) is 4.56. The maximum Gasteiger partial charge on any atom is 0.0416 e. The summed E-state index contributed by atoms with van der Waals surface area (Å²) in [5, 5.41) is 0. The van der Waals surface area contributed by atoms with E-state index in [1.165, 1.54) is 11.3 Å². The van der Waals surface area contributed by atoms with Gasteiger partial charge in [-0.2, -0.15) is 0 Å². The highest BCUT2D eigenvalue weighted by Gasteiger charge is 2.15. The van der Waals surface area contributed by atoms with E-state index < -0.39 is 0 Å². The molecule has 0 aliphatic heterocycles. The van der Waals surface area contributed by atoms with E-state index in [4.69, 9.17) is 5.73 Å². The standard InChI is InChI=1S/C13H22N2/c1-9(2)11(4)15(5)13-8-12(14)7-6-10(13)3/h6-9,11H,14H2,1-5H3. The van der Waals surface area contributed by atoms with Crippen LogP contribution in [0.4, 0.5) is 11.4 Å². The molecule has 1 unspecified atom stereocenters. The first kappa shape index (κ1) is 11.9. The molecular formula is C13H22N2. The van der Waals surface area contributed by atoms with Crippen LogP contribution in [0, 0.1) is 12.8 Å². The zero-order chi connectivity index (χ0) is 11.6. The second-order valence-corrected chi connectivity index (χ2v) is 4.64. The maximum absolute atomic E-state index is 5.81. The normalized spacial score (nSPS) is 12.9. The molecule has 84 valence electrons. The fraction of sp³-hybridized carbons (Fsp3) is 0.538. The van der Waals surface area contributed by atoms with E-state index in [2.05, 4.69) is 45.7 Å². The molecule has 0 aromatic heterocycles. The van der Waals surface area contributed by atoms with Crippen LogP contribution in [0.3, 0.4) is 0 Å². The summed E-state index contributed by atoms with van der Waals surface area (Å²) in [5.41, 5.74) is 9.16.